The molecule has 0 spiro atoms. The van der Waals surface area contributed by atoms with Crippen LogP contribution in [-0.2, 0) is 4.74 Å². The Hall–Kier alpha value is -1.22. The van der Waals surface area contributed by atoms with Crippen molar-refractivity contribution in [2.75, 3.05) is 7.11 Å². The molecule has 0 N–H and O–H groups in total. The number of rotatable bonds is 3. The monoisotopic (exact) mass is 207 g/mol. The fourth-order valence-corrected chi connectivity index (χ4v) is 1.51. The van der Waals surface area contributed by atoms with Crippen LogP contribution in [0.5, 0.6) is 0 Å². The first kappa shape index (κ1) is 11.9. The van der Waals surface area contributed by atoms with Crippen LogP contribution in [0.4, 0.5) is 0 Å². The number of nitrogens with zero attached hydrogens (tertiary/aromatic N) is 1. The first-order valence-corrected chi connectivity index (χ1v) is 4.94. The normalized spacial score (nSPS) is 13.6. The Morgan fingerprint density at radius 1 is 1.47 bits per heavy atom. The third kappa shape index (κ3) is 2.86. The molecule has 1 heterocycles. The molecule has 82 valence electrons. The van der Waals surface area contributed by atoms with Crippen LogP contribution in [0.2, 0.25) is 0 Å². The smallest absolute Gasteiger partial charge is 0.193 e. The molecule has 0 radical (unpaired) electrons. The van der Waals surface area contributed by atoms with E-state index in [1.54, 1.807) is 31.6 Å². The van der Waals surface area contributed by atoms with Crippen LogP contribution in [0.25, 0.3) is 0 Å². The highest BCUT2D eigenvalue weighted by Gasteiger charge is 2.31. The zero-order valence-corrected chi connectivity index (χ0v) is 9.65. The van der Waals surface area contributed by atoms with Crippen molar-refractivity contribution in [3.63, 3.8) is 0 Å². The second-order valence-corrected chi connectivity index (χ2v) is 4.59. The average molecular weight is 207 g/mol. The highest BCUT2D eigenvalue weighted by Crippen LogP contribution is 2.24. The number of carbonyl (C=O) groups is 1. The highest BCUT2D eigenvalue weighted by molar-refractivity contribution is 5.99. The van der Waals surface area contributed by atoms with Crippen LogP contribution in [0.15, 0.2) is 24.5 Å². The summed E-state index contributed by atoms with van der Waals surface area (Å²) in [4.78, 5) is 16.0. The third-order valence-electron chi connectivity index (χ3n) is 2.21. The number of aromatic nitrogens is 1. The van der Waals surface area contributed by atoms with Gasteiger partial charge in [0.1, 0.15) is 6.10 Å². The molecule has 0 aliphatic carbocycles. The summed E-state index contributed by atoms with van der Waals surface area (Å²) in [5.74, 6) is -0.0156. The quantitative estimate of drug-likeness (QED) is 0.714. The van der Waals surface area contributed by atoms with Gasteiger partial charge in [-0.2, -0.15) is 0 Å². The SMILES string of the molecule is COC(C(=O)c1cccnc1)C(C)(C)C. The van der Waals surface area contributed by atoms with Gasteiger partial charge in [-0.3, -0.25) is 9.78 Å². The van der Waals surface area contributed by atoms with Crippen LogP contribution >= 0.6 is 0 Å². The van der Waals surface area contributed by atoms with Crippen molar-refractivity contribution < 1.29 is 9.53 Å². The Morgan fingerprint density at radius 3 is 2.53 bits per heavy atom. The summed E-state index contributed by atoms with van der Waals surface area (Å²) in [5, 5.41) is 0. The van der Waals surface area contributed by atoms with E-state index in [2.05, 4.69) is 4.98 Å². The molecule has 1 aromatic rings. The van der Waals surface area contributed by atoms with E-state index in [1.165, 1.54) is 0 Å². The van der Waals surface area contributed by atoms with Crippen LogP contribution in [-0.4, -0.2) is 24.0 Å². The van der Waals surface area contributed by atoms with Gasteiger partial charge in [0.2, 0.25) is 0 Å². The van der Waals surface area contributed by atoms with Crippen LogP contribution in [0.1, 0.15) is 31.1 Å². The number of hydrogen-bond acceptors (Lipinski definition) is 3. The number of ether oxygens (including phenoxy) is 1. The molecule has 1 aromatic heterocycles. The maximum Gasteiger partial charge on any atom is 0.193 e. The van der Waals surface area contributed by atoms with Crippen molar-refractivity contribution in [3.05, 3.63) is 30.1 Å². The lowest BCUT2D eigenvalue weighted by molar-refractivity contribution is 0.0195. The minimum absolute atomic E-state index is 0.0156. The molecule has 15 heavy (non-hydrogen) atoms. The predicted molar refractivity (Wildman–Crippen MR) is 58.8 cm³/mol. The number of methoxy groups -OCH3 is 1. The zero-order valence-electron chi connectivity index (χ0n) is 9.65. The Balaban J connectivity index is 2.93. The second kappa shape index (κ2) is 4.53. The fourth-order valence-electron chi connectivity index (χ4n) is 1.51. The molecule has 3 heteroatoms. The molecule has 1 unspecified atom stereocenters. The van der Waals surface area contributed by atoms with Gasteiger partial charge in [0.15, 0.2) is 5.78 Å². The molecule has 0 aromatic carbocycles. The number of carbonyl (C=O) groups excluding carboxylic acids is 1. The van der Waals surface area contributed by atoms with Crippen LogP contribution < -0.4 is 0 Å². The van der Waals surface area contributed by atoms with Gasteiger partial charge in [0.05, 0.1) is 0 Å². The summed E-state index contributed by atoms with van der Waals surface area (Å²) < 4.78 is 5.25. The minimum atomic E-state index is -0.429. The molecule has 0 saturated carbocycles. The Bertz CT molecular complexity index is 327. The van der Waals surface area contributed by atoms with E-state index in [0.29, 0.717) is 5.56 Å². The number of hydrogen-bond donors (Lipinski definition) is 0. The zero-order chi connectivity index (χ0) is 11.5. The Morgan fingerprint density at radius 2 is 2.13 bits per heavy atom. The summed E-state index contributed by atoms with van der Waals surface area (Å²) >= 11 is 0. The van der Waals surface area contributed by atoms with Crippen molar-refractivity contribution >= 4 is 5.78 Å². The average Bonchev–Trinajstić information content (AvgIpc) is 2.18. The fraction of sp³-hybridized carbons (Fsp3) is 0.500. The summed E-state index contributed by atoms with van der Waals surface area (Å²) in [6.07, 6.45) is 2.79. The van der Waals surface area contributed by atoms with Gasteiger partial charge >= 0.3 is 0 Å². The molecule has 0 aliphatic heterocycles. The molecule has 0 fully saturated rings. The molecule has 1 rings (SSSR count). The van der Waals surface area contributed by atoms with Gasteiger partial charge in [-0.25, -0.2) is 0 Å². The van der Waals surface area contributed by atoms with Gasteiger partial charge < -0.3 is 4.74 Å². The lowest BCUT2D eigenvalue weighted by Crippen LogP contribution is -2.36. The van der Waals surface area contributed by atoms with Crippen molar-refractivity contribution in [2.24, 2.45) is 5.41 Å². The van der Waals surface area contributed by atoms with Gasteiger partial charge in [0.25, 0.3) is 0 Å². The number of pyridine rings is 1. The van der Waals surface area contributed by atoms with Gasteiger partial charge in [-0.1, -0.05) is 20.8 Å². The first-order valence-electron chi connectivity index (χ1n) is 4.94. The summed E-state index contributed by atoms with van der Waals surface area (Å²) in [6.45, 7) is 5.94. The maximum atomic E-state index is 12.1. The molecular weight excluding hydrogens is 190 g/mol. The van der Waals surface area contributed by atoms with Gasteiger partial charge in [-0.15, -0.1) is 0 Å². The van der Waals surface area contributed by atoms with Crippen LogP contribution in [0.3, 0.4) is 0 Å². The summed E-state index contributed by atoms with van der Waals surface area (Å²) in [5.41, 5.74) is 0.390. The van der Waals surface area contributed by atoms with Gasteiger partial charge in [-0.05, 0) is 17.5 Å². The van der Waals surface area contributed by atoms with E-state index < -0.39 is 6.10 Å². The standard InChI is InChI=1S/C12H17NO2/c1-12(2,3)11(15-4)10(14)9-6-5-7-13-8-9/h5-8,11H,1-4H3. The second-order valence-electron chi connectivity index (χ2n) is 4.59. The summed E-state index contributed by atoms with van der Waals surface area (Å²) in [6, 6.07) is 3.51. The van der Waals surface area contributed by atoms with Crippen molar-refractivity contribution in [2.45, 2.75) is 26.9 Å². The molecule has 0 amide bonds. The largest absolute Gasteiger partial charge is 0.373 e. The van der Waals surface area contributed by atoms with Crippen molar-refractivity contribution in [3.8, 4) is 0 Å². The van der Waals surface area contributed by atoms with E-state index >= 15 is 0 Å². The van der Waals surface area contributed by atoms with Crippen molar-refractivity contribution in [1.82, 2.24) is 4.98 Å². The van der Waals surface area contributed by atoms with Crippen molar-refractivity contribution in [1.29, 1.82) is 0 Å². The molecular formula is C12H17NO2. The minimum Gasteiger partial charge on any atom is -0.373 e. The van der Waals surface area contributed by atoms with Crippen LogP contribution in [0, 0.1) is 5.41 Å². The highest BCUT2D eigenvalue weighted by atomic mass is 16.5. The van der Waals surface area contributed by atoms with E-state index in [0.717, 1.165) is 0 Å². The number of ketones is 1. The topological polar surface area (TPSA) is 39.2 Å². The Labute approximate surface area is 90.5 Å². The predicted octanol–water partition coefficient (Wildman–Crippen LogP) is 2.33. The molecule has 0 bridgehead atoms. The van der Waals surface area contributed by atoms with Gasteiger partial charge in [0, 0.05) is 25.1 Å². The molecule has 0 saturated heterocycles. The van der Waals surface area contributed by atoms with E-state index in [-0.39, 0.29) is 11.2 Å². The lowest BCUT2D eigenvalue weighted by atomic mass is 9.84. The number of Topliss-reactive ketones (excluding diaryl/α,β-unsaturated/α-hetero) is 1. The lowest BCUT2D eigenvalue weighted by Gasteiger charge is -2.27. The van der Waals surface area contributed by atoms with E-state index in [1.807, 2.05) is 20.8 Å². The Kier molecular flexibility index (Phi) is 3.58. The summed E-state index contributed by atoms with van der Waals surface area (Å²) in [7, 11) is 1.56. The molecule has 3 nitrogen and oxygen atoms in total. The van der Waals surface area contributed by atoms with E-state index in [4.69, 9.17) is 4.74 Å². The third-order valence-corrected chi connectivity index (χ3v) is 2.21. The first-order chi connectivity index (χ1) is 6.96. The molecule has 0 aliphatic rings. The van der Waals surface area contributed by atoms with E-state index in [9.17, 15) is 4.79 Å². The maximum absolute atomic E-state index is 12.1. The molecule has 1 atom stereocenters.